The van der Waals surface area contributed by atoms with Crippen LogP contribution in [-0.2, 0) is 16.0 Å². The number of fused-ring (bicyclic) bond motifs is 5. The molecule has 1 aliphatic heterocycles. The molecule has 3 aliphatic rings. The van der Waals surface area contributed by atoms with Crippen LogP contribution in [0, 0.1) is 5.82 Å². The lowest BCUT2D eigenvalue weighted by molar-refractivity contribution is -0.139. The number of rotatable bonds is 3. The molecule has 2 fully saturated rings. The Labute approximate surface area is 200 Å². The number of nitrogens with zero attached hydrogens (tertiary/aromatic N) is 2. The number of anilines is 2. The van der Waals surface area contributed by atoms with Crippen LogP contribution in [0.1, 0.15) is 58.1 Å². The van der Waals surface area contributed by atoms with Crippen molar-refractivity contribution in [1.82, 2.24) is 9.88 Å². The van der Waals surface area contributed by atoms with Gasteiger partial charge < -0.3 is 10.2 Å². The van der Waals surface area contributed by atoms with Crippen molar-refractivity contribution < 1.29 is 30.8 Å². The summed E-state index contributed by atoms with van der Waals surface area (Å²) in [6.07, 6.45) is -0.771. The van der Waals surface area contributed by atoms with Gasteiger partial charge in [-0.1, -0.05) is 0 Å². The molecule has 0 spiro atoms. The van der Waals surface area contributed by atoms with E-state index in [2.05, 4.69) is 10.3 Å². The molecule has 12 heteroatoms. The smallest absolute Gasteiger partial charge is 0.340 e. The summed E-state index contributed by atoms with van der Waals surface area (Å²) in [5.41, 5.74) is 0.788. The van der Waals surface area contributed by atoms with E-state index in [1.165, 1.54) is 17.2 Å². The van der Waals surface area contributed by atoms with E-state index in [4.69, 9.17) is 0 Å². The zero-order chi connectivity index (χ0) is 23.5. The van der Waals surface area contributed by atoms with Crippen LogP contribution in [0.5, 0.6) is 0 Å². The van der Waals surface area contributed by atoms with E-state index >= 15 is 0 Å². The van der Waals surface area contributed by atoms with Crippen LogP contribution in [0.4, 0.5) is 29.1 Å². The number of halogens is 5. The third kappa shape index (κ3) is 4.35. The number of aromatic nitrogens is 1. The van der Waals surface area contributed by atoms with E-state index in [-0.39, 0.29) is 60.4 Å². The maximum Gasteiger partial charge on any atom is 0.419 e. The summed E-state index contributed by atoms with van der Waals surface area (Å²) in [5, 5.41) is 2.90. The average Bonchev–Trinajstić information content (AvgIpc) is 3.37. The zero-order valence-electron chi connectivity index (χ0n) is 17.9. The fourth-order valence-electron chi connectivity index (χ4n) is 5.21. The molecule has 2 aromatic rings. The molecule has 2 aliphatic carbocycles. The molecule has 1 saturated heterocycles. The molecule has 1 amide bonds. The van der Waals surface area contributed by atoms with Crippen molar-refractivity contribution in [1.29, 1.82) is 0 Å². The summed E-state index contributed by atoms with van der Waals surface area (Å²) in [6, 6.07) is 2.70. The van der Waals surface area contributed by atoms with Gasteiger partial charge in [-0.2, -0.15) is 13.2 Å². The van der Waals surface area contributed by atoms with Crippen LogP contribution in [0.3, 0.4) is 0 Å². The number of alkyl halides is 3. The molecule has 184 valence electrons. The lowest BCUT2D eigenvalue weighted by Gasteiger charge is -2.29. The highest BCUT2D eigenvalue weighted by Crippen LogP contribution is 2.56. The number of benzene rings is 1. The SMILES string of the molecule is Cl.O=C(c1cnc(Nc2ccc(F)c(C(F)(F)F)c2)c2c1C1CCC2C1)N1CCS(=O)(=O)CC1. The number of hydrogen-bond acceptors (Lipinski definition) is 5. The predicted molar refractivity (Wildman–Crippen MR) is 120 cm³/mol. The number of hydrogen-bond donors (Lipinski definition) is 1. The molecule has 2 heterocycles. The third-order valence-corrected chi connectivity index (χ3v) is 8.41. The first-order valence-electron chi connectivity index (χ1n) is 10.7. The van der Waals surface area contributed by atoms with Crippen molar-refractivity contribution >= 4 is 39.7 Å². The molecular weight excluding hydrogens is 498 g/mol. The first-order chi connectivity index (χ1) is 15.5. The Morgan fingerprint density at radius 1 is 1.09 bits per heavy atom. The summed E-state index contributed by atoms with van der Waals surface area (Å²) in [6.45, 7) is 0.250. The maximum atomic E-state index is 13.7. The minimum Gasteiger partial charge on any atom is -0.340 e. The molecular formula is C22H22ClF4N3O3S. The number of carbonyl (C=O) groups excluding carboxylic acids is 1. The van der Waals surface area contributed by atoms with Gasteiger partial charge in [0.1, 0.15) is 11.6 Å². The molecule has 5 rings (SSSR count). The van der Waals surface area contributed by atoms with E-state index in [9.17, 15) is 30.8 Å². The first kappa shape index (κ1) is 24.7. The van der Waals surface area contributed by atoms with Crippen LogP contribution in [0.25, 0.3) is 0 Å². The van der Waals surface area contributed by atoms with Gasteiger partial charge >= 0.3 is 6.18 Å². The van der Waals surface area contributed by atoms with Gasteiger partial charge in [-0.25, -0.2) is 17.8 Å². The van der Waals surface area contributed by atoms with Gasteiger partial charge in [0.15, 0.2) is 9.84 Å². The van der Waals surface area contributed by atoms with Crippen molar-refractivity contribution in [3.8, 4) is 0 Å². The van der Waals surface area contributed by atoms with Gasteiger partial charge in [-0.15, -0.1) is 12.4 Å². The molecule has 2 atom stereocenters. The van der Waals surface area contributed by atoms with Crippen LogP contribution in [-0.4, -0.2) is 48.8 Å². The van der Waals surface area contributed by atoms with Crippen LogP contribution >= 0.6 is 12.4 Å². The van der Waals surface area contributed by atoms with E-state index in [0.29, 0.717) is 17.4 Å². The Bertz CT molecular complexity index is 1240. The van der Waals surface area contributed by atoms with Crippen molar-refractivity contribution in [2.24, 2.45) is 0 Å². The van der Waals surface area contributed by atoms with Gasteiger partial charge in [0, 0.05) is 30.5 Å². The average molecular weight is 520 g/mol. The molecule has 2 unspecified atom stereocenters. The number of sulfone groups is 1. The third-order valence-electron chi connectivity index (χ3n) is 6.80. The highest BCUT2D eigenvalue weighted by Gasteiger charge is 2.43. The second-order valence-corrected chi connectivity index (χ2v) is 11.1. The molecule has 2 bridgehead atoms. The highest BCUT2D eigenvalue weighted by atomic mass is 35.5. The Kier molecular flexibility index (Phi) is 6.30. The molecule has 1 aromatic carbocycles. The monoisotopic (exact) mass is 519 g/mol. The normalized spacial score (nSPS) is 22.8. The Morgan fingerprint density at radius 3 is 2.38 bits per heavy atom. The predicted octanol–water partition coefficient (Wildman–Crippen LogP) is 4.64. The summed E-state index contributed by atoms with van der Waals surface area (Å²) >= 11 is 0. The Balaban J connectivity index is 0.00000274. The molecule has 1 N–H and O–H groups in total. The second kappa shape index (κ2) is 8.67. The fourth-order valence-corrected chi connectivity index (χ4v) is 6.41. The van der Waals surface area contributed by atoms with Gasteiger partial charge in [-0.3, -0.25) is 4.79 Å². The van der Waals surface area contributed by atoms with Crippen molar-refractivity contribution in [2.45, 2.75) is 37.3 Å². The molecule has 0 radical (unpaired) electrons. The minimum atomic E-state index is -4.82. The van der Waals surface area contributed by atoms with E-state index in [0.717, 1.165) is 36.5 Å². The zero-order valence-corrected chi connectivity index (χ0v) is 19.5. The van der Waals surface area contributed by atoms with Crippen molar-refractivity contribution in [3.05, 3.63) is 52.5 Å². The summed E-state index contributed by atoms with van der Waals surface area (Å²) in [4.78, 5) is 19.1. The van der Waals surface area contributed by atoms with Crippen LogP contribution < -0.4 is 5.32 Å². The van der Waals surface area contributed by atoms with E-state index < -0.39 is 27.4 Å². The molecule has 1 aromatic heterocycles. The number of carbonyl (C=O) groups is 1. The molecule has 1 saturated carbocycles. The lowest BCUT2D eigenvalue weighted by Crippen LogP contribution is -2.44. The molecule has 6 nitrogen and oxygen atoms in total. The van der Waals surface area contributed by atoms with Gasteiger partial charge in [0.05, 0.1) is 22.6 Å². The van der Waals surface area contributed by atoms with Gasteiger partial charge in [0.25, 0.3) is 5.91 Å². The Hall–Kier alpha value is -2.40. The minimum absolute atomic E-state index is 0. The fraction of sp³-hybridized carbons (Fsp3) is 0.455. The van der Waals surface area contributed by atoms with Crippen LogP contribution in [0.15, 0.2) is 24.4 Å². The van der Waals surface area contributed by atoms with E-state index in [1.54, 1.807) is 0 Å². The Morgan fingerprint density at radius 2 is 1.74 bits per heavy atom. The standard InChI is InChI=1S/C22H21F4N3O3S.ClH/c23-17-4-3-14(10-16(17)22(24,25)26)28-20-19-13-2-1-12(9-13)18(19)15(11-27-20)21(30)29-5-7-33(31,32)8-6-29;/h3-4,10-13H,1-2,5-9H2,(H,27,28);1H. The molecule has 34 heavy (non-hydrogen) atoms. The van der Waals surface area contributed by atoms with Crippen molar-refractivity contribution in [3.63, 3.8) is 0 Å². The van der Waals surface area contributed by atoms with Gasteiger partial charge in [-0.05, 0) is 54.9 Å². The maximum absolute atomic E-state index is 13.7. The summed E-state index contributed by atoms with van der Waals surface area (Å²) < 4.78 is 76.4. The first-order valence-corrected chi connectivity index (χ1v) is 12.5. The summed E-state index contributed by atoms with van der Waals surface area (Å²) in [5.74, 6) is -1.12. The number of amides is 1. The van der Waals surface area contributed by atoms with Crippen molar-refractivity contribution in [2.75, 3.05) is 29.9 Å². The number of pyridine rings is 1. The lowest BCUT2D eigenvalue weighted by atomic mass is 9.88. The summed E-state index contributed by atoms with van der Waals surface area (Å²) in [7, 11) is -3.14. The number of nitrogens with one attached hydrogen (secondary N) is 1. The van der Waals surface area contributed by atoms with Crippen LogP contribution in [0.2, 0.25) is 0 Å². The quantitative estimate of drug-likeness (QED) is 0.598. The van der Waals surface area contributed by atoms with E-state index in [1.807, 2.05) is 0 Å². The van der Waals surface area contributed by atoms with Gasteiger partial charge in [0.2, 0.25) is 0 Å². The highest BCUT2D eigenvalue weighted by molar-refractivity contribution is 7.91. The largest absolute Gasteiger partial charge is 0.419 e. The second-order valence-electron chi connectivity index (χ2n) is 8.82. The topological polar surface area (TPSA) is 79.4 Å².